The van der Waals surface area contributed by atoms with Crippen molar-refractivity contribution in [1.29, 1.82) is 0 Å². The molecule has 0 radical (unpaired) electrons. The lowest BCUT2D eigenvalue weighted by atomic mass is 9.78. The Morgan fingerprint density at radius 1 is 0.839 bits per heavy atom. The van der Waals surface area contributed by atoms with E-state index in [-0.39, 0.29) is 5.41 Å². The first-order valence-corrected chi connectivity index (χ1v) is 10.6. The van der Waals surface area contributed by atoms with Crippen LogP contribution in [0.3, 0.4) is 0 Å². The number of nitrogens with zero attached hydrogens (tertiary/aromatic N) is 2. The summed E-state index contributed by atoms with van der Waals surface area (Å²) in [4.78, 5) is 3.68. The minimum atomic E-state index is -0.178. The molecule has 0 aliphatic heterocycles. The highest BCUT2D eigenvalue weighted by Gasteiger charge is 2.39. The Bertz CT molecular complexity index is 1370. The SMILES string of the molecule is [C-]#[N+]c1ccc2c(c1)C(C)(C)c1c-2ccc(C)c1-c1cc(-c2ccccc2)cc[n+]1C. The molecule has 0 atom stereocenters. The molecular weight excluding hydrogens is 376 g/mol. The van der Waals surface area contributed by atoms with Gasteiger partial charge in [-0.1, -0.05) is 74.5 Å². The van der Waals surface area contributed by atoms with Gasteiger partial charge in [0.25, 0.3) is 0 Å². The van der Waals surface area contributed by atoms with Gasteiger partial charge in [0.2, 0.25) is 5.69 Å². The molecule has 0 saturated heterocycles. The van der Waals surface area contributed by atoms with Crippen molar-refractivity contribution in [3.8, 4) is 33.5 Å². The largest absolute Gasteiger partial charge is 0.238 e. The Labute approximate surface area is 184 Å². The number of pyridine rings is 1. The van der Waals surface area contributed by atoms with Crippen molar-refractivity contribution in [1.82, 2.24) is 0 Å². The molecule has 4 aromatic rings. The Hall–Kier alpha value is -3.70. The summed E-state index contributed by atoms with van der Waals surface area (Å²) >= 11 is 0. The quantitative estimate of drug-likeness (QED) is 0.252. The number of hydrogen-bond acceptors (Lipinski definition) is 0. The van der Waals surface area contributed by atoms with Gasteiger partial charge in [-0.15, -0.1) is 0 Å². The van der Waals surface area contributed by atoms with Crippen molar-refractivity contribution in [2.75, 3.05) is 0 Å². The number of benzene rings is 3. The summed E-state index contributed by atoms with van der Waals surface area (Å²) in [6.07, 6.45) is 2.16. The first-order valence-electron chi connectivity index (χ1n) is 10.6. The molecule has 3 aromatic carbocycles. The minimum absolute atomic E-state index is 0.178. The second-order valence-corrected chi connectivity index (χ2v) is 8.92. The second kappa shape index (κ2) is 6.93. The first kappa shape index (κ1) is 19.3. The number of hydrogen-bond donors (Lipinski definition) is 0. The minimum Gasteiger partial charge on any atom is -0.238 e. The average Bonchev–Trinajstić information content (AvgIpc) is 3.01. The molecule has 5 rings (SSSR count). The molecule has 31 heavy (non-hydrogen) atoms. The van der Waals surface area contributed by atoms with Crippen molar-refractivity contribution >= 4 is 5.69 Å². The molecule has 1 aromatic heterocycles. The van der Waals surface area contributed by atoms with Gasteiger partial charge in [-0.05, 0) is 45.9 Å². The number of aryl methyl sites for hydroxylation is 2. The van der Waals surface area contributed by atoms with E-state index in [1.165, 1.54) is 50.2 Å². The lowest BCUT2D eigenvalue weighted by molar-refractivity contribution is -0.660. The predicted molar refractivity (Wildman–Crippen MR) is 127 cm³/mol. The normalized spacial score (nSPS) is 13.4. The van der Waals surface area contributed by atoms with Gasteiger partial charge in [0.15, 0.2) is 11.9 Å². The Kier molecular flexibility index (Phi) is 4.31. The zero-order valence-electron chi connectivity index (χ0n) is 18.4. The molecule has 0 amide bonds. The van der Waals surface area contributed by atoms with Crippen LogP contribution in [0.25, 0.3) is 38.4 Å². The molecule has 2 heteroatoms. The van der Waals surface area contributed by atoms with Gasteiger partial charge in [0, 0.05) is 17.5 Å². The molecule has 0 bridgehead atoms. The van der Waals surface area contributed by atoms with Crippen LogP contribution in [0.5, 0.6) is 0 Å². The van der Waals surface area contributed by atoms with E-state index in [0.29, 0.717) is 5.69 Å². The first-order chi connectivity index (χ1) is 14.9. The van der Waals surface area contributed by atoms with Crippen LogP contribution < -0.4 is 4.57 Å². The van der Waals surface area contributed by atoms with Gasteiger partial charge < -0.3 is 0 Å². The van der Waals surface area contributed by atoms with E-state index in [1.54, 1.807) is 0 Å². The van der Waals surface area contributed by atoms with Crippen molar-refractivity contribution in [3.63, 3.8) is 0 Å². The zero-order chi connectivity index (χ0) is 21.8. The van der Waals surface area contributed by atoms with Crippen LogP contribution in [0.1, 0.15) is 30.5 Å². The van der Waals surface area contributed by atoms with Gasteiger partial charge in [-0.25, -0.2) is 9.41 Å². The summed E-state index contributed by atoms with van der Waals surface area (Å²) in [6.45, 7) is 14.2. The molecule has 2 nitrogen and oxygen atoms in total. The van der Waals surface area contributed by atoms with Crippen molar-refractivity contribution in [2.24, 2.45) is 7.05 Å². The predicted octanol–water partition coefficient (Wildman–Crippen LogP) is 7.01. The van der Waals surface area contributed by atoms with Crippen molar-refractivity contribution in [2.45, 2.75) is 26.2 Å². The maximum Gasteiger partial charge on any atom is 0.213 e. The van der Waals surface area contributed by atoms with Gasteiger partial charge in [0.1, 0.15) is 7.05 Å². The Balaban J connectivity index is 1.79. The fourth-order valence-corrected chi connectivity index (χ4v) is 5.03. The highest BCUT2D eigenvalue weighted by Crippen LogP contribution is 2.53. The standard InChI is InChI=1S/C29H25N2/c1-19-11-13-24-23-14-12-22(30-4)18-25(23)29(2,3)28(24)27(19)26-17-21(15-16-31(26)5)20-9-7-6-8-10-20/h6-18H,1-3,5H3/q+1. The Morgan fingerprint density at radius 3 is 2.32 bits per heavy atom. The van der Waals surface area contributed by atoms with E-state index < -0.39 is 0 Å². The molecule has 0 fully saturated rings. The maximum absolute atomic E-state index is 7.46. The third kappa shape index (κ3) is 2.89. The molecule has 1 heterocycles. The van der Waals surface area contributed by atoms with Crippen LogP contribution in [0.4, 0.5) is 5.69 Å². The summed E-state index contributed by atoms with van der Waals surface area (Å²) in [6, 6.07) is 25.6. The van der Waals surface area contributed by atoms with E-state index in [9.17, 15) is 0 Å². The third-order valence-corrected chi connectivity index (χ3v) is 6.65. The second-order valence-electron chi connectivity index (χ2n) is 8.92. The topological polar surface area (TPSA) is 8.24 Å². The smallest absolute Gasteiger partial charge is 0.213 e. The average molecular weight is 402 g/mol. The van der Waals surface area contributed by atoms with Crippen LogP contribution in [0.2, 0.25) is 0 Å². The van der Waals surface area contributed by atoms with Gasteiger partial charge in [-0.2, -0.15) is 0 Å². The van der Waals surface area contributed by atoms with E-state index in [4.69, 9.17) is 6.57 Å². The highest BCUT2D eigenvalue weighted by atomic mass is 14.9. The maximum atomic E-state index is 7.46. The van der Waals surface area contributed by atoms with Crippen molar-refractivity contribution < 1.29 is 4.57 Å². The van der Waals surface area contributed by atoms with E-state index >= 15 is 0 Å². The molecule has 1 aliphatic carbocycles. The highest BCUT2D eigenvalue weighted by molar-refractivity contribution is 5.89. The number of aromatic nitrogens is 1. The molecular formula is C29H25N2+. The number of fused-ring (bicyclic) bond motifs is 3. The molecule has 0 spiro atoms. The number of rotatable bonds is 2. The zero-order valence-corrected chi connectivity index (χ0v) is 18.4. The molecule has 0 saturated carbocycles. The van der Waals surface area contributed by atoms with Gasteiger partial charge in [-0.3, -0.25) is 0 Å². The third-order valence-electron chi connectivity index (χ3n) is 6.65. The summed E-state index contributed by atoms with van der Waals surface area (Å²) in [5.74, 6) is 0. The summed E-state index contributed by atoms with van der Waals surface area (Å²) in [7, 11) is 2.12. The van der Waals surface area contributed by atoms with Crippen LogP contribution in [-0.2, 0) is 12.5 Å². The van der Waals surface area contributed by atoms with E-state index in [1.807, 2.05) is 6.07 Å². The molecule has 150 valence electrons. The summed E-state index contributed by atoms with van der Waals surface area (Å²) in [5, 5.41) is 0. The lowest BCUT2D eigenvalue weighted by Gasteiger charge is -2.25. The molecule has 0 unspecified atom stereocenters. The molecule has 0 N–H and O–H groups in total. The molecule has 1 aliphatic rings. The van der Waals surface area contributed by atoms with Crippen molar-refractivity contribution in [3.05, 3.63) is 107 Å². The van der Waals surface area contributed by atoms with E-state index in [2.05, 4.69) is 110 Å². The van der Waals surface area contributed by atoms with E-state index in [0.717, 1.165) is 0 Å². The van der Waals surface area contributed by atoms with Crippen LogP contribution in [0, 0.1) is 13.5 Å². The lowest BCUT2D eigenvalue weighted by Crippen LogP contribution is -2.31. The fraction of sp³-hybridized carbons (Fsp3) is 0.172. The summed E-state index contributed by atoms with van der Waals surface area (Å²) < 4.78 is 2.22. The van der Waals surface area contributed by atoms with Crippen LogP contribution in [0.15, 0.2) is 79.0 Å². The fourth-order valence-electron chi connectivity index (χ4n) is 5.03. The Morgan fingerprint density at radius 2 is 1.58 bits per heavy atom. The van der Waals surface area contributed by atoms with Gasteiger partial charge >= 0.3 is 0 Å². The summed E-state index contributed by atoms with van der Waals surface area (Å²) in [5.41, 5.74) is 11.9. The van der Waals surface area contributed by atoms with Gasteiger partial charge in [0.05, 0.1) is 12.1 Å². The monoisotopic (exact) mass is 401 g/mol. The van der Waals surface area contributed by atoms with Crippen LogP contribution >= 0.6 is 0 Å². The van der Waals surface area contributed by atoms with Crippen LogP contribution in [-0.4, -0.2) is 0 Å².